The summed E-state index contributed by atoms with van der Waals surface area (Å²) in [7, 11) is 0. The van der Waals surface area contributed by atoms with E-state index in [4.69, 9.17) is 21.1 Å². The van der Waals surface area contributed by atoms with Crippen molar-refractivity contribution in [3.8, 4) is 11.5 Å². The van der Waals surface area contributed by atoms with Crippen molar-refractivity contribution in [2.75, 3.05) is 29.9 Å². The lowest BCUT2D eigenvalue weighted by atomic mass is 10.1. The smallest absolute Gasteiger partial charge is 0.271 e. The summed E-state index contributed by atoms with van der Waals surface area (Å²) in [6.07, 6.45) is 4.89. The molecule has 0 bridgehead atoms. The maximum absolute atomic E-state index is 12.3. The lowest BCUT2D eigenvalue weighted by molar-refractivity contribution is 0.0382. The number of morpholine rings is 1. The monoisotopic (exact) mass is 518 g/mol. The first-order valence-corrected chi connectivity index (χ1v) is 12.8. The zero-order valence-electron chi connectivity index (χ0n) is 19.2. The molecule has 7 nitrogen and oxygen atoms in total. The fraction of sp³-hybridized carbons (Fsp3) is 0.185. The Morgan fingerprint density at radius 3 is 3.00 bits per heavy atom. The number of anilines is 2. The first-order chi connectivity index (χ1) is 17.7. The van der Waals surface area contributed by atoms with Crippen LogP contribution in [0.4, 0.5) is 11.4 Å². The lowest BCUT2D eigenvalue weighted by Crippen LogP contribution is -2.41. The van der Waals surface area contributed by atoms with E-state index in [1.54, 1.807) is 36.4 Å². The predicted octanol–water partition coefficient (Wildman–Crippen LogP) is 5.87. The molecule has 2 N–H and O–H groups in total. The summed E-state index contributed by atoms with van der Waals surface area (Å²) in [5.74, 6) is 1.61. The van der Waals surface area contributed by atoms with Crippen LogP contribution in [0.1, 0.15) is 17.2 Å². The Morgan fingerprint density at radius 1 is 1.17 bits per heavy atom. The Balaban J connectivity index is 1.21. The largest absolute Gasteiger partial charge is 0.455 e. The van der Waals surface area contributed by atoms with Crippen molar-refractivity contribution < 1.29 is 9.47 Å². The molecule has 4 heterocycles. The summed E-state index contributed by atoms with van der Waals surface area (Å²) in [4.78, 5) is 23.4. The average molecular weight is 519 g/mol. The molecule has 2 aliphatic rings. The Hall–Kier alpha value is -3.46. The fourth-order valence-corrected chi connectivity index (χ4v) is 5.65. The third-order valence-electron chi connectivity index (χ3n) is 6.26. The minimum Gasteiger partial charge on any atom is -0.455 e. The van der Waals surface area contributed by atoms with E-state index in [-0.39, 0.29) is 11.7 Å². The molecule has 0 spiro atoms. The topological polar surface area (TPSA) is 79.5 Å². The van der Waals surface area contributed by atoms with Crippen molar-refractivity contribution in [2.45, 2.75) is 22.4 Å². The standard InChI is InChI=1S/C27H23ClN4O3S/c28-20-8-10-29-14-17(20)15-31-18-6-7-22-25(13-18)36-24-5-1-3-19(26(24)35-22)23-16-32(11-12-34-23)21-4-2-9-30-27(21)33/h1-10,13-14,23,31H,11-12,15-16H2,(H,30,33). The Morgan fingerprint density at radius 2 is 2.11 bits per heavy atom. The molecule has 36 heavy (non-hydrogen) atoms. The molecular formula is C27H23ClN4O3S. The highest BCUT2D eigenvalue weighted by atomic mass is 35.5. The van der Waals surface area contributed by atoms with Gasteiger partial charge in [-0.3, -0.25) is 9.78 Å². The molecule has 0 radical (unpaired) electrons. The second-order valence-corrected chi connectivity index (χ2v) is 10.0. The number of pyridine rings is 2. The van der Waals surface area contributed by atoms with Crippen LogP contribution in [0.2, 0.25) is 5.02 Å². The molecule has 1 atom stereocenters. The number of fused-ring (bicyclic) bond motifs is 2. The van der Waals surface area contributed by atoms with Crippen LogP contribution in [0.15, 0.2) is 87.8 Å². The number of halogens is 1. The van der Waals surface area contributed by atoms with Crippen LogP contribution in [0, 0.1) is 0 Å². The van der Waals surface area contributed by atoms with Gasteiger partial charge in [-0.2, -0.15) is 0 Å². The molecule has 6 rings (SSSR count). The number of aromatic amines is 1. The van der Waals surface area contributed by atoms with E-state index in [9.17, 15) is 4.79 Å². The molecule has 2 aromatic heterocycles. The fourth-order valence-electron chi connectivity index (χ4n) is 4.44. The number of ether oxygens (including phenoxy) is 2. The molecular weight excluding hydrogens is 496 g/mol. The number of benzene rings is 2. The molecule has 1 unspecified atom stereocenters. The number of hydrogen-bond acceptors (Lipinski definition) is 7. The zero-order chi connectivity index (χ0) is 24.5. The zero-order valence-corrected chi connectivity index (χ0v) is 20.8. The van der Waals surface area contributed by atoms with E-state index < -0.39 is 0 Å². The third-order valence-corrected chi connectivity index (χ3v) is 7.71. The molecule has 0 saturated carbocycles. The molecule has 2 aliphatic heterocycles. The van der Waals surface area contributed by atoms with Crippen LogP contribution in [0.5, 0.6) is 11.5 Å². The summed E-state index contributed by atoms with van der Waals surface area (Å²) in [6, 6.07) is 17.7. The van der Waals surface area contributed by atoms with Gasteiger partial charge >= 0.3 is 0 Å². The normalized spacial score (nSPS) is 16.6. The van der Waals surface area contributed by atoms with Gasteiger partial charge in [0, 0.05) is 60.1 Å². The van der Waals surface area contributed by atoms with Gasteiger partial charge in [0.15, 0.2) is 0 Å². The lowest BCUT2D eigenvalue weighted by Gasteiger charge is -2.35. The number of nitrogens with one attached hydrogen (secondary N) is 2. The van der Waals surface area contributed by atoms with E-state index >= 15 is 0 Å². The van der Waals surface area contributed by atoms with Crippen LogP contribution in [0.25, 0.3) is 0 Å². The Bertz CT molecular complexity index is 1480. The number of para-hydroxylation sites is 1. The minimum atomic E-state index is -0.208. The van der Waals surface area contributed by atoms with Gasteiger partial charge in [-0.15, -0.1) is 0 Å². The SMILES string of the molecule is O=c1[nH]cccc1N1CCOC(c2cccc3c2Oc2ccc(NCc4cnccc4Cl)cc2S3)C1. The summed E-state index contributed by atoms with van der Waals surface area (Å²) in [5.41, 5.74) is 3.46. The van der Waals surface area contributed by atoms with Crippen LogP contribution < -0.4 is 20.5 Å². The van der Waals surface area contributed by atoms with Gasteiger partial charge in [-0.1, -0.05) is 35.5 Å². The van der Waals surface area contributed by atoms with Crippen molar-refractivity contribution >= 4 is 34.7 Å². The maximum Gasteiger partial charge on any atom is 0.271 e. The van der Waals surface area contributed by atoms with Crippen molar-refractivity contribution in [2.24, 2.45) is 0 Å². The van der Waals surface area contributed by atoms with E-state index in [0.717, 1.165) is 38.1 Å². The highest BCUT2D eigenvalue weighted by Gasteiger charge is 2.29. The second kappa shape index (κ2) is 9.89. The van der Waals surface area contributed by atoms with Gasteiger partial charge in [0.25, 0.3) is 5.56 Å². The van der Waals surface area contributed by atoms with Gasteiger partial charge in [0.2, 0.25) is 0 Å². The summed E-state index contributed by atoms with van der Waals surface area (Å²) in [5, 5.41) is 4.11. The summed E-state index contributed by atoms with van der Waals surface area (Å²) >= 11 is 7.93. The molecule has 0 amide bonds. The van der Waals surface area contributed by atoms with Gasteiger partial charge in [0.1, 0.15) is 23.3 Å². The number of hydrogen-bond donors (Lipinski definition) is 2. The molecule has 0 aliphatic carbocycles. The van der Waals surface area contributed by atoms with Crippen LogP contribution >= 0.6 is 23.4 Å². The van der Waals surface area contributed by atoms with Gasteiger partial charge in [-0.05, 0) is 42.5 Å². The molecule has 1 fully saturated rings. The van der Waals surface area contributed by atoms with E-state index in [2.05, 4.69) is 32.3 Å². The number of nitrogens with zero attached hydrogens (tertiary/aromatic N) is 2. The molecule has 4 aromatic rings. The van der Waals surface area contributed by atoms with Gasteiger partial charge < -0.3 is 24.7 Å². The maximum atomic E-state index is 12.3. The van der Waals surface area contributed by atoms with Crippen LogP contribution in [0.3, 0.4) is 0 Å². The Kier molecular flexibility index (Phi) is 6.31. The highest BCUT2D eigenvalue weighted by molar-refractivity contribution is 7.99. The number of aromatic nitrogens is 2. The number of H-pyrrole nitrogens is 1. The first kappa shape index (κ1) is 23.0. The number of rotatable bonds is 5. The molecule has 2 aromatic carbocycles. The van der Waals surface area contributed by atoms with Crippen molar-refractivity contribution in [1.29, 1.82) is 0 Å². The highest BCUT2D eigenvalue weighted by Crippen LogP contribution is 2.50. The second-order valence-electron chi connectivity index (χ2n) is 8.55. The average Bonchev–Trinajstić information content (AvgIpc) is 2.91. The predicted molar refractivity (Wildman–Crippen MR) is 142 cm³/mol. The molecule has 1 saturated heterocycles. The van der Waals surface area contributed by atoms with Gasteiger partial charge in [0.05, 0.1) is 16.4 Å². The van der Waals surface area contributed by atoms with Gasteiger partial charge in [-0.25, -0.2) is 0 Å². The van der Waals surface area contributed by atoms with E-state index in [0.29, 0.717) is 37.0 Å². The van der Waals surface area contributed by atoms with Crippen LogP contribution in [-0.2, 0) is 11.3 Å². The summed E-state index contributed by atoms with van der Waals surface area (Å²) in [6.45, 7) is 2.35. The van der Waals surface area contributed by atoms with Crippen LogP contribution in [-0.4, -0.2) is 29.7 Å². The first-order valence-electron chi connectivity index (χ1n) is 11.6. The summed E-state index contributed by atoms with van der Waals surface area (Å²) < 4.78 is 12.6. The Labute approximate surface area is 217 Å². The third kappa shape index (κ3) is 4.55. The molecule has 182 valence electrons. The molecule has 9 heteroatoms. The quantitative estimate of drug-likeness (QED) is 0.301. The van der Waals surface area contributed by atoms with Crippen molar-refractivity contribution in [3.05, 3.63) is 99.7 Å². The van der Waals surface area contributed by atoms with E-state index in [1.807, 2.05) is 36.4 Å². The van der Waals surface area contributed by atoms with Crippen molar-refractivity contribution in [1.82, 2.24) is 9.97 Å². The minimum absolute atomic E-state index is 0.0933. The van der Waals surface area contributed by atoms with Crippen molar-refractivity contribution in [3.63, 3.8) is 0 Å². The van der Waals surface area contributed by atoms with E-state index in [1.165, 1.54) is 0 Å².